The fraction of sp³-hybridized carbons (Fsp3) is 0.200. The maximum atomic E-state index is 14.1. The van der Waals surface area contributed by atoms with Crippen LogP contribution in [0.1, 0.15) is 12.5 Å². The van der Waals surface area contributed by atoms with Gasteiger partial charge in [0.1, 0.15) is 17.4 Å². The Hall–Kier alpha value is -1.81. The first-order valence-electron chi connectivity index (χ1n) is 6.08. The Morgan fingerprint density at radius 1 is 1.25 bits per heavy atom. The van der Waals surface area contributed by atoms with Crippen LogP contribution < -0.4 is 4.74 Å². The van der Waals surface area contributed by atoms with Gasteiger partial charge in [-0.05, 0) is 19.1 Å². The van der Waals surface area contributed by atoms with E-state index in [1.54, 1.807) is 31.0 Å². The van der Waals surface area contributed by atoms with E-state index in [1.165, 1.54) is 12.1 Å². The molecular formula is C15H14ClF2NO. The van der Waals surface area contributed by atoms with Crippen molar-refractivity contribution >= 4 is 17.3 Å². The van der Waals surface area contributed by atoms with Gasteiger partial charge in [-0.1, -0.05) is 18.2 Å². The summed E-state index contributed by atoms with van der Waals surface area (Å²) in [6.07, 6.45) is 3.12. The van der Waals surface area contributed by atoms with Crippen molar-refractivity contribution in [3.8, 4) is 5.75 Å². The van der Waals surface area contributed by atoms with Crippen LogP contribution in [0.15, 0.2) is 41.6 Å². The molecule has 1 aromatic carbocycles. The lowest BCUT2D eigenvalue weighted by molar-refractivity contribution is 0.335. The van der Waals surface area contributed by atoms with E-state index in [2.05, 4.69) is 6.58 Å². The van der Waals surface area contributed by atoms with Gasteiger partial charge in [0.2, 0.25) is 0 Å². The van der Waals surface area contributed by atoms with Crippen molar-refractivity contribution in [1.29, 1.82) is 0 Å². The Morgan fingerprint density at radius 3 is 2.40 bits per heavy atom. The van der Waals surface area contributed by atoms with Gasteiger partial charge in [-0.25, -0.2) is 8.78 Å². The first-order valence-corrected chi connectivity index (χ1v) is 6.46. The largest absolute Gasteiger partial charge is 0.494 e. The molecule has 106 valence electrons. The molecule has 0 bridgehead atoms. The summed E-state index contributed by atoms with van der Waals surface area (Å²) in [5, 5.41) is 0.433. The highest BCUT2D eigenvalue weighted by Crippen LogP contribution is 2.34. The standard InChI is InChI=1S/C15H14ClF2NO/c1-4-20-10-7-12(17)15(13(18)8-10)14-6-5-11(16)9(2)19(14)3/h5-8H,2,4H2,1,3H3. The first-order chi connectivity index (χ1) is 9.45. The number of hydrogen-bond acceptors (Lipinski definition) is 2. The number of hydrogen-bond donors (Lipinski definition) is 0. The second-order valence-corrected chi connectivity index (χ2v) is 4.67. The molecule has 0 radical (unpaired) electrons. The molecular weight excluding hydrogens is 284 g/mol. The van der Waals surface area contributed by atoms with Crippen LogP contribution in [0.5, 0.6) is 5.75 Å². The van der Waals surface area contributed by atoms with Crippen LogP contribution in [-0.2, 0) is 0 Å². The van der Waals surface area contributed by atoms with E-state index in [1.807, 2.05) is 0 Å². The summed E-state index contributed by atoms with van der Waals surface area (Å²) >= 11 is 5.93. The van der Waals surface area contributed by atoms with E-state index in [0.29, 0.717) is 23.0 Å². The third-order valence-electron chi connectivity index (χ3n) is 3.01. The van der Waals surface area contributed by atoms with Gasteiger partial charge in [-0.3, -0.25) is 0 Å². The topological polar surface area (TPSA) is 12.5 Å². The number of rotatable bonds is 3. The molecule has 0 atom stereocenters. The molecule has 1 aromatic rings. The Morgan fingerprint density at radius 2 is 1.85 bits per heavy atom. The van der Waals surface area contributed by atoms with Crippen molar-refractivity contribution in [1.82, 2.24) is 4.90 Å². The molecule has 1 aliphatic heterocycles. The van der Waals surface area contributed by atoms with Gasteiger partial charge in [0.05, 0.1) is 28.6 Å². The Balaban J connectivity index is 2.51. The quantitative estimate of drug-likeness (QED) is 0.825. The average molecular weight is 298 g/mol. The summed E-state index contributed by atoms with van der Waals surface area (Å²) in [6, 6.07) is 2.33. The van der Waals surface area contributed by atoms with Gasteiger partial charge >= 0.3 is 0 Å². The van der Waals surface area contributed by atoms with E-state index in [4.69, 9.17) is 16.3 Å². The lowest BCUT2D eigenvalue weighted by Gasteiger charge is -2.28. The summed E-state index contributed by atoms with van der Waals surface area (Å²) in [6.45, 7) is 5.86. The third kappa shape index (κ3) is 2.56. The maximum absolute atomic E-state index is 14.1. The number of nitrogens with zero attached hydrogens (tertiary/aromatic N) is 1. The summed E-state index contributed by atoms with van der Waals surface area (Å²) in [4.78, 5) is 1.55. The molecule has 1 heterocycles. The van der Waals surface area contributed by atoms with Gasteiger partial charge in [0.25, 0.3) is 0 Å². The normalized spacial score (nSPS) is 15.1. The second kappa shape index (κ2) is 5.67. The number of allylic oxidation sites excluding steroid dienone is 3. The Bertz CT molecular complexity index is 599. The first kappa shape index (κ1) is 14.6. The van der Waals surface area contributed by atoms with E-state index >= 15 is 0 Å². The molecule has 0 N–H and O–H groups in total. The molecule has 0 aliphatic carbocycles. The molecule has 2 rings (SSSR count). The summed E-state index contributed by atoms with van der Waals surface area (Å²) in [5.41, 5.74) is 0.715. The summed E-state index contributed by atoms with van der Waals surface area (Å²) < 4.78 is 33.4. The molecule has 20 heavy (non-hydrogen) atoms. The van der Waals surface area contributed by atoms with Gasteiger partial charge in [-0.15, -0.1) is 0 Å². The van der Waals surface area contributed by atoms with Gasteiger partial charge < -0.3 is 9.64 Å². The minimum Gasteiger partial charge on any atom is -0.494 e. The molecule has 1 aliphatic rings. The highest BCUT2D eigenvalue weighted by molar-refractivity contribution is 6.32. The number of likely N-dealkylation sites (N-methyl/N-ethyl adjacent to an activating group) is 1. The predicted octanol–water partition coefficient (Wildman–Crippen LogP) is 4.29. The minimum atomic E-state index is -0.689. The van der Waals surface area contributed by atoms with Gasteiger partial charge in [0.15, 0.2) is 0 Å². The van der Waals surface area contributed by atoms with Crippen LogP contribution in [0, 0.1) is 11.6 Å². The fourth-order valence-corrected chi connectivity index (χ4v) is 2.15. The highest BCUT2D eigenvalue weighted by Gasteiger charge is 2.23. The monoisotopic (exact) mass is 297 g/mol. The van der Waals surface area contributed by atoms with Crippen molar-refractivity contribution in [3.63, 3.8) is 0 Å². The van der Waals surface area contributed by atoms with Crippen molar-refractivity contribution < 1.29 is 13.5 Å². The van der Waals surface area contributed by atoms with Crippen molar-refractivity contribution in [2.75, 3.05) is 13.7 Å². The zero-order valence-electron chi connectivity index (χ0n) is 11.2. The SMILES string of the molecule is C=C1C(Cl)=CC=C(c2c(F)cc(OCC)cc2F)N1C. The van der Waals surface area contributed by atoms with Crippen LogP contribution in [0.4, 0.5) is 8.78 Å². The van der Waals surface area contributed by atoms with Crippen LogP contribution >= 0.6 is 11.6 Å². The minimum absolute atomic E-state index is 0.127. The van der Waals surface area contributed by atoms with Crippen molar-refractivity contribution in [2.24, 2.45) is 0 Å². The highest BCUT2D eigenvalue weighted by atomic mass is 35.5. The summed E-state index contributed by atoms with van der Waals surface area (Å²) in [5.74, 6) is -1.21. The van der Waals surface area contributed by atoms with Crippen LogP contribution in [0.3, 0.4) is 0 Å². The zero-order chi connectivity index (χ0) is 14.9. The van der Waals surface area contributed by atoms with E-state index in [9.17, 15) is 8.78 Å². The molecule has 0 spiro atoms. The predicted molar refractivity (Wildman–Crippen MR) is 76.3 cm³/mol. The lowest BCUT2D eigenvalue weighted by atomic mass is 10.1. The summed E-state index contributed by atoms with van der Waals surface area (Å²) in [7, 11) is 1.65. The second-order valence-electron chi connectivity index (χ2n) is 4.27. The van der Waals surface area contributed by atoms with Crippen molar-refractivity contribution in [3.05, 3.63) is 58.8 Å². The van der Waals surface area contributed by atoms with Crippen LogP contribution in [0.2, 0.25) is 0 Å². The smallest absolute Gasteiger partial charge is 0.139 e. The van der Waals surface area contributed by atoms with Crippen molar-refractivity contribution in [2.45, 2.75) is 6.92 Å². The number of benzene rings is 1. The Labute approximate surface area is 121 Å². The van der Waals surface area contributed by atoms with Crippen LogP contribution in [0.25, 0.3) is 5.70 Å². The maximum Gasteiger partial charge on any atom is 0.139 e. The molecule has 0 amide bonds. The molecule has 0 saturated heterocycles. The zero-order valence-corrected chi connectivity index (χ0v) is 12.0. The number of halogens is 3. The average Bonchev–Trinajstić information content (AvgIpc) is 2.38. The lowest BCUT2D eigenvalue weighted by Crippen LogP contribution is -2.19. The molecule has 0 unspecified atom stereocenters. The molecule has 2 nitrogen and oxygen atoms in total. The molecule has 5 heteroatoms. The molecule has 0 saturated carbocycles. The number of ether oxygens (including phenoxy) is 1. The van der Waals surface area contributed by atoms with E-state index in [-0.39, 0.29) is 11.3 Å². The molecule has 0 fully saturated rings. The molecule has 0 aromatic heterocycles. The van der Waals surface area contributed by atoms with Gasteiger partial charge in [-0.2, -0.15) is 0 Å². The van der Waals surface area contributed by atoms with Crippen LogP contribution in [-0.4, -0.2) is 18.6 Å². The Kier molecular flexibility index (Phi) is 4.14. The van der Waals surface area contributed by atoms with E-state index in [0.717, 1.165) is 0 Å². The fourth-order valence-electron chi connectivity index (χ4n) is 1.96. The third-order valence-corrected chi connectivity index (χ3v) is 3.36. The van der Waals surface area contributed by atoms with E-state index < -0.39 is 11.6 Å². The van der Waals surface area contributed by atoms with Gasteiger partial charge in [0, 0.05) is 19.2 Å².